The molecule has 7 heteroatoms. The summed E-state index contributed by atoms with van der Waals surface area (Å²) >= 11 is 0. The van der Waals surface area contributed by atoms with Crippen LogP contribution in [-0.2, 0) is 14.3 Å². The maximum Gasteiger partial charge on any atom is 0.408 e. The number of carbonyl (C=O) groups is 3. The highest BCUT2D eigenvalue weighted by Gasteiger charge is 2.48. The van der Waals surface area contributed by atoms with Crippen LogP contribution >= 0.6 is 0 Å². The van der Waals surface area contributed by atoms with Gasteiger partial charge in [-0.3, -0.25) is 4.79 Å². The Bertz CT molecular complexity index is 659. The summed E-state index contributed by atoms with van der Waals surface area (Å²) in [5, 5.41) is 2.56. The van der Waals surface area contributed by atoms with E-state index in [1.807, 2.05) is 0 Å². The monoisotopic (exact) mass is 351 g/mol. The Hall–Kier alpha value is -2.44. The number of amides is 1. The lowest BCUT2D eigenvalue weighted by atomic mass is 9.77. The van der Waals surface area contributed by atoms with Gasteiger partial charge in [0.05, 0.1) is 0 Å². The van der Waals surface area contributed by atoms with Crippen LogP contribution in [-0.4, -0.2) is 35.6 Å². The molecule has 0 saturated heterocycles. The van der Waals surface area contributed by atoms with Gasteiger partial charge in [-0.2, -0.15) is 0 Å². The number of ether oxygens (including phenoxy) is 2. The van der Waals surface area contributed by atoms with Crippen molar-refractivity contribution in [3.8, 4) is 0 Å². The van der Waals surface area contributed by atoms with Gasteiger partial charge in [0.1, 0.15) is 17.0 Å². The summed E-state index contributed by atoms with van der Waals surface area (Å²) in [6, 6.07) is 4.96. The molecule has 1 amide bonds. The molecule has 6 nitrogen and oxygen atoms in total. The molecule has 1 aromatic rings. The fourth-order valence-electron chi connectivity index (χ4n) is 2.40. The minimum Gasteiger partial charge on any atom is -0.456 e. The first kappa shape index (κ1) is 18.9. The van der Waals surface area contributed by atoms with E-state index in [0.29, 0.717) is 12.8 Å². The summed E-state index contributed by atoms with van der Waals surface area (Å²) in [6.45, 7) is 4.70. The number of alkyl carbamates (subject to hydrolysis) is 1. The Morgan fingerprint density at radius 2 is 1.76 bits per heavy atom. The molecule has 0 spiro atoms. The summed E-state index contributed by atoms with van der Waals surface area (Å²) in [4.78, 5) is 36.2. The highest BCUT2D eigenvalue weighted by atomic mass is 19.1. The SMILES string of the molecule is CC(C)(C)OC(=O)NC1(C(=O)OCC(=O)c2ccc(F)cc2)CCC1. The summed E-state index contributed by atoms with van der Waals surface area (Å²) in [5.41, 5.74) is -1.58. The van der Waals surface area contributed by atoms with Gasteiger partial charge in [0.15, 0.2) is 12.4 Å². The lowest BCUT2D eigenvalue weighted by Gasteiger charge is -2.39. The number of halogens is 1. The first-order chi connectivity index (χ1) is 11.6. The molecule has 0 atom stereocenters. The van der Waals surface area contributed by atoms with Crippen LogP contribution in [0, 0.1) is 5.82 Å². The number of benzene rings is 1. The molecule has 1 saturated carbocycles. The molecule has 1 aromatic carbocycles. The van der Waals surface area contributed by atoms with E-state index in [0.717, 1.165) is 18.6 Å². The first-order valence-corrected chi connectivity index (χ1v) is 8.08. The third-order valence-corrected chi connectivity index (χ3v) is 3.84. The van der Waals surface area contributed by atoms with Crippen LogP contribution in [0.4, 0.5) is 9.18 Å². The van der Waals surface area contributed by atoms with Crippen molar-refractivity contribution in [2.24, 2.45) is 0 Å². The summed E-state index contributed by atoms with van der Waals surface area (Å²) < 4.78 is 23.1. The van der Waals surface area contributed by atoms with Crippen molar-refractivity contribution in [3.05, 3.63) is 35.6 Å². The van der Waals surface area contributed by atoms with Crippen LogP contribution < -0.4 is 5.32 Å². The largest absolute Gasteiger partial charge is 0.456 e. The predicted octanol–water partition coefficient (Wildman–Crippen LogP) is 3.00. The number of Topliss-reactive ketones (excluding diaryl/α,β-unsaturated/α-hetero) is 1. The van der Waals surface area contributed by atoms with Crippen molar-refractivity contribution in [1.29, 1.82) is 0 Å². The van der Waals surface area contributed by atoms with Crippen molar-refractivity contribution >= 4 is 17.8 Å². The van der Waals surface area contributed by atoms with Crippen LogP contribution in [0.15, 0.2) is 24.3 Å². The third-order valence-electron chi connectivity index (χ3n) is 3.84. The topological polar surface area (TPSA) is 81.7 Å². The lowest BCUT2D eigenvalue weighted by molar-refractivity contribution is -0.154. The second-order valence-electron chi connectivity index (χ2n) is 7.07. The Morgan fingerprint density at radius 1 is 1.16 bits per heavy atom. The van der Waals surface area contributed by atoms with Crippen molar-refractivity contribution in [1.82, 2.24) is 5.32 Å². The van der Waals surface area contributed by atoms with Crippen LogP contribution in [0.3, 0.4) is 0 Å². The molecular formula is C18H22FNO5. The van der Waals surface area contributed by atoms with Gasteiger partial charge >= 0.3 is 12.1 Å². The highest BCUT2D eigenvalue weighted by Crippen LogP contribution is 2.33. The predicted molar refractivity (Wildman–Crippen MR) is 87.6 cm³/mol. The number of esters is 1. The fourth-order valence-corrected chi connectivity index (χ4v) is 2.40. The van der Waals surface area contributed by atoms with Gasteiger partial charge in [0.2, 0.25) is 0 Å². The molecular weight excluding hydrogens is 329 g/mol. The molecule has 1 aliphatic carbocycles. The summed E-state index contributed by atoms with van der Waals surface area (Å²) in [7, 11) is 0. The highest BCUT2D eigenvalue weighted by molar-refractivity contribution is 5.98. The van der Waals surface area contributed by atoms with E-state index in [1.165, 1.54) is 12.1 Å². The van der Waals surface area contributed by atoms with Crippen molar-refractivity contribution in [2.75, 3.05) is 6.61 Å². The Morgan fingerprint density at radius 3 is 2.24 bits per heavy atom. The lowest BCUT2D eigenvalue weighted by Crippen LogP contribution is -2.60. The van der Waals surface area contributed by atoms with E-state index in [4.69, 9.17) is 9.47 Å². The van der Waals surface area contributed by atoms with Gasteiger partial charge in [-0.05, 0) is 64.3 Å². The minimum atomic E-state index is -1.15. The zero-order valence-corrected chi connectivity index (χ0v) is 14.6. The van der Waals surface area contributed by atoms with Gasteiger partial charge < -0.3 is 14.8 Å². The van der Waals surface area contributed by atoms with Crippen LogP contribution in [0.5, 0.6) is 0 Å². The minimum absolute atomic E-state index is 0.247. The fraction of sp³-hybridized carbons (Fsp3) is 0.500. The molecule has 0 aliphatic heterocycles. The zero-order chi connectivity index (χ0) is 18.7. The number of ketones is 1. The molecule has 2 rings (SSSR count). The smallest absolute Gasteiger partial charge is 0.408 e. The zero-order valence-electron chi connectivity index (χ0n) is 14.6. The second kappa shape index (κ2) is 7.21. The van der Waals surface area contributed by atoms with E-state index in [-0.39, 0.29) is 5.56 Å². The van der Waals surface area contributed by atoms with Gasteiger partial charge in [-0.15, -0.1) is 0 Å². The number of hydrogen-bond donors (Lipinski definition) is 1. The number of hydrogen-bond acceptors (Lipinski definition) is 5. The van der Waals surface area contributed by atoms with Gasteiger partial charge in [0, 0.05) is 5.56 Å². The van der Waals surface area contributed by atoms with Crippen LogP contribution in [0.25, 0.3) is 0 Å². The molecule has 0 bridgehead atoms. The number of carbonyl (C=O) groups excluding carboxylic acids is 3. The third kappa shape index (κ3) is 5.01. The summed E-state index contributed by atoms with van der Waals surface area (Å²) in [6.07, 6.45) is 0.914. The van der Waals surface area contributed by atoms with Crippen molar-refractivity contribution in [3.63, 3.8) is 0 Å². The Balaban J connectivity index is 1.92. The van der Waals surface area contributed by atoms with Crippen LogP contribution in [0.1, 0.15) is 50.4 Å². The molecule has 136 valence electrons. The Kier molecular flexibility index (Phi) is 5.45. The Labute approximate surface area is 145 Å². The normalized spacial score (nSPS) is 15.7. The first-order valence-electron chi connectivity index (χ1n) is 8.08. The summed E-state index contributed by atoms with van der Waals surface area (Å²) in [5.74, 6) is -1.57. The average molecular weight is 351 g/mol. The van der Waals surface area contributed by atoms with Gasteiger partial charge in [-0.25, -0.2) is 14.0 Å². The molecule has 1 aliphatic rings. The van der Waals surface area contributed by atoms with Gasteiger partial charge in [0.25, 0.3) is 0 Å². The van der Waals surface area contributed by atoms with Crippen molar-refractivity contribution in [2.45, 2.75) is 51.2 Å². The van der Waals surface area contributed by atoms with Crippen molar-refractivity contribution < 1.29 is 28.2 Å². The number of rotatable bonds is 5. The molecule has 0 aromatic heterocycles. The molecule has 0 unspecified atom stereocenters. The standard InChI is InChI=1S/C18H22FNO5/c1-17(2,3)25-16(23)20-18(9-4-10-18)15(22)24-11-14(21)12-5-7-13(19)8-6-12/h5-8H,4,9-11H2,1-3H3,(H,20,23). The van der Waals surface area contributed by atoms with E-state index < -0.39 is 41.4 Å². The van der Waals surface area contributed by atoms with E-state index in [9.17, 15) is 18.8 Å². The molecule has 0 heterocycles. The molecule has 0 radical (unpaired) electrons. The quantitative estimate of drug-likeness (QED) is 0.651. The maximum absolute atomic E-state index is 12.9. The van der Waals surface area contributed by atoms with E-state index in [1.54, 1.807) is 20.8 Å². The number of nitrogens with one attached hydrogen (secondary N) is 1. The van der Waals surface area contributed by atoms with E-state index >= 15 is 0 Å². The molecule has 1 N–H and O–H groups in total. The maximum atomic E-state index is 12.9. The molecule has 25 heavy (non-hydrogen) atoms. The van der Waals surface area contributed by atoms with Gasteiger partial charge in [-0.1, -0.05) is 0 Å². The second-order valence-corrected chi connectivity index (χ2v) is 7.07. The average Bonchev–Trinajstić information content (AvgIpc) is 2.47. The van der Waals surface area contributed by atoms with Crippen LogP contribution in [0.2, 0.25) is 0 Å². The molecule has 1 fully saturated rings. The van der Waals surface area contributed by atoms with E-state index in [2.05, 4.69) is 5.32 Å².